The van der Waals surface area contributed by atoms with E-state index in [1.54, 1.807) is 63.6 Å². The topological polar surface area (TPSA) is 97.9 Å². The summed E-state index contributed by atoms with van der Waals surface area (Å²) in [7, 11) is 3.15. The van der Waals surface area contributed by atoms with E-state index in [2.05, 4.69) is 16.0 Å². The summed E-state index contributed by atoms with van der Waals surface area (Å²) < 4.78 is 16.4. The lowest BCUT2D eigenvalue weighted by Crippen LogP contribution is -2.46. The molecule has 1 unspecified atom stereocenters. The number of imide groups is 1. The molecule has 3 rings (SSSR count). The van der Waals surface area contributed by atoms with E-state index in [1.165, 1.54) is 0 Å². The minimum Gasteiger partial charge on any atom is -0.497 e. The fraction of sp³-hybridized carbons (Fsp3) is 0.333. The van der Waals surface area contributed by atoms with Crippen molar-refractivity contribution in [2.45, 2.75) is 31.8 Å². The second kappa shape index (κ2) is 9.18. The minimum absolute atomic E-state index is 0.185. The molecule has 0 aliphatic heterocycles. The highest BCUT2D eigenvalue weighted by Crippen LogP contribution is 2.34. The molecule has 0 heterocycles. The second-order valence-corrected chi connectivity index (χ2v) is 6.75. The van der Waals surface area contributed by atoms with Gasteiger partial charge in [-0.15, -0.1) is 0 Å². The van der Waals surface area contributed by atoms with Crippen LogP contribution in [-0.4, -0.2) is 38.2 Å². The van der Waals surface area contributed by atoms with Crippen LogP contribution in [0.5, 0.6) is 23.0 Å². The lowest BCUT2D eigenvalue weighted by atomic mass is 10.2. The van der Waals surface area contributed by atoms with Crippen molar-refractivity contribution in [1.29, 1.82) is 0 Å². The number of nitrogens with one attached hydrogen (secondary N) is 3. The molecule has 3 amide bonds. The molecule has 3 N–H and O–H groups in total. The molecule has 1 atom stereocenters. The zero-order valence-electron chi connectivity index (χ0n) is 16.7. The lowest BCUT2D eigenvalue weighted by Gasteiger charge is -2.17. The van der Waals surface area contributed by atoms with Gasteiger partial charge in [0.1, 0.15) is 17.5 Å². The molecule has 2 aromatic carbocycles. The van der Waals surface area contributed by atoms with Crippen molar-refractivity contribution < 1.29 is 23.8 Å². The van der Waals surface area contributed by atoms with Crippen LogP contribution in [0, 0.1) is 0 Å². The van der Waals surface area contributed by atoms with Crippen LogP contribution in [0.1, 0.15) is 19.8 Å². The number of hydrogen-bond acceptors (Lipinski definition) is 6. The van der Waals surface area contributed by atoms with Gasteiger partial charge in [0, 0.05) is 17.8 Å². The van der Waals surface area contributed by atoms with Crippen LogP contribution in [0.4, 0.5) is 10.5 Å². The number of anilines is 1. The molecule has 2 aromatic rings. The van der Waals surface area contributed by atoms with Crippen LogP contribution in [0.3, 0.4) is 0 Å². The van der Waals surface area contributed by atoms with Crippen molar-refractivity contribution in [1.82, 2.24) is 10.6 Å². The van der Waals surface area contributed by atoms with Crippen LogP contribution >= 0.6 is 0 Å². The molecule has 0 bridgehead atoms. The molecule has 154 valence electrons. The van der Waals surface area contributed by atoms with Gasteiger partial charge in [-0.3, -0.25) is 10.1 Å². The SMILES string of the molecule is COc1ccc(Oc2cc(NC(C)C(=O)NC(=O)NC3CC3)ccc2OC)cc1. The summed E-state index contributed by atoms with van der Waals surface area (Å²) in [4.78, 5) is 23.9. The maximum absolute atomic E-state index is 12.2. The fourth-order valence-electron chi connectivity index (χ4n) is 2.60. The fourth-order valence-corrected chi connectivity index (χ4v) is 2.60. The zero-order chi connectivity index (χ0) is 20.8. The Hall–Kier alpha value is -3.42. The van der Waals surface area contributed by atoms with Gasteiger partial charge >= 0.3 is 6.03 Å². The number of ether oxygens (including phenoxy) is 3. The normalized spacial score (nSPS) is 13.8. The Morgan fingerprint density at radius 3 is 2.28 bits per heavy atom. The average Bonchev–Trinajstić information content (AvgIpc) is 3.52. The van der Waals surface area contributed by atoms with Gasteiger partial charge in [-0.1, -0.05) is 0 Å². The van der Waals surface area contributed by atoms with Gasteiger partial charge in [0.15, 0.2) is 11.5 Å². The van der Waals surface area contributed by atoms with E-state index < -0.39 is 18.0 Å². The Labute approximate surface area is 169 Å². The van der Waals surface area contributed by atoms with Crippen LogP contribution in [0.25, 0.3) is 0 Å². The van der Waals surface area contributed by atoms with E-state index in [-0.39, 0.29) is 6.04 Å². The zero-order valence-corrected chi connectivity index (χ0v) is 16.7. The van der Waals surface area contributed by atoms with Crippen LogP contribution in [-0.2, 0) is 4.79 Å². The third-order valence-corrected chi connectivity index (χ3v) is 4.38. The smallest absolute Gasteiger partial charge is 0.321 e. The molecule has 1 fully saturated rings. The van der Waals surface area contributed by atoms with Crippen molar-refractivity contribution in [2.75, 3.05) is 19.5 Å². The first-order valence-corrected chi connectivity index (χ1v) is 9.36. The number of hydrogen-bond donors (Lipinski definition) is 3. The number of urea groups is 1. The Kier molecular flexibility index (Phi) is 6.43. The van der Waals surface area contributed by atoms with Crippen molar-refractivity contribution in [3.8, 4) is 23.0 Å². The van der Waals surface area contributed by atoms with Crippen LogP contribution in [0.2, 0.25) is 0 Å². The third-order valence-electron chi connectivity index (χ3n) is 4.38. The third kappa shape index (κ3) is 5.78. The minimum atomic E-state index is -0.623. The molecule has 0 aromatic heterocycles. The molecule has 0 saturated heterocycles. The number of benzene rings is 2. The van der Waals surface area contributed by atoms with Gasteiger partial charge in [0.2, 0.25) is 5.91 Å². The standard InChI is InChI=1S/C21H25N3O5/c1-13(20(25)24-21(26)23-14-4-5-14)22-15-6-11-18(28-3)19(12-15)29-17-9-7-16(27-2)8-10-17/h6-14,22H,4-5H2,1-3H3,(H2,23,24,25,26). The van der Waals surface area contributed by atoms with E-state index in [4.69, 9.17) is 14.2 Å². The Balaban J connectivity index is 1.64. The summed E-state index contributed by atoms with van der Waals surface area (Å²) in [5, 5.41) is 8.12. The van der Waals surface area contributed by atoms with E-state index >= 15 is 0 Å². The Bertz CT molecular complexity index is 865. The summed E-state index contributed by atoms with van der Waals surface area (Å²) in [5.41, 5.74) is 0.652. The van der Waals surface area contributed by atoms with Gasteiger partial charge in [-0.2, -0.15) is 0 Å². The van der Waals surface area contributed by atoms with Gasteiger partial charge in [0.25, 0.3) is 0 Å². The monoisotopic (exact) mass is 399 g/mol. The number of carbonyl (C=O) groups is 2. The van der Waals surface area contributed by atoms with E-state index in [0.717, 1.165) is 18.6 Å². The first kappa shape index (κ1) is 20.3. The van der Waals surface area contributed by atoms with E-state index in [0.29, 0.717) is 22.9 Å². The maximum Gasteiger partial charge on any atom is 0.321 e. The van der Waals surface area contributed by atoms with E-state index in [9.17, 15) is 9.59 Å². The van der Waals surface area contributed by atoms with Gasteiger partial charge in [-0.05, 0) is 56.2 Å². The van der Waals surface area contributed by atoms with Gasteiger partial charge in [0.05, 0.1) is 14.2 Å². The van der Waals surface area contributed by atoms with Gasteiger partial charge < -0.3 is 24.8 Å². The second-order valence-electron chi connectivity index (χ2n) is 6.75. The molecule has 1 saturated carbocycles. The lowest BCUT2D eigenvalue weighted by molar-refractivity contribution is -0.120. The van der Waals surface area contributed by atoms with Crippen LogP contribution in [0.15, 0.2) is 42.5 Å². The molecule has 8 heteroatoms. The number of carbonyl (C=O) groups excluding carboxylic acids is 2. The Morgan fingerprint density at radius 2 is 1.66 bits per heavy atom. The molecule has 1 aliphatic rings. The largest absolute Gasteiger partial charge is 0.497 e. The van der Waals surface area contributed by atoms with Gasteiger partial charge in [-0.25, -0.2) is 4.79 Å². The predicted molar refractivity (Wildman–Crippen MR) is 109 cm³/mol. The maximum atomic E-state index is 12.2. The Morgan fingerprint density at radius 1 is 0.966 bits per heavy atom. The number of rotatable bonds is 8. The molecule has 0 spiro atoms. The molecular formula is C21H25N3O5. The van der Waals surface area contributed by atoms with E-state index in [1.807, 2.05) is 0 Å². The molecular weight excluding hydrogens is 374 g/mol. The van der Waals surface area contributed by atoms with Crippen molar-refractivity contribution in [3.05, 3.63) is 42.5 Å². The molecule has 1 aliphatic carbocycles. The predicted octanol–water partition coefficient (Wildman–Crippen LogP) is 3.28. The first-order chi connectivity index (χ1) is 14.0. The summed E-state index contributed by atoms with van der Waals surface area (Å²) in [6, 6.07) is 11.5. The molecule has 8 nitrogen and oxygen atoms in total. The summed E-state index contributed by atoms with van der Waals surface area (Å²) >= 11 is 0. The highest BCUT2D eigenvalue weighted by atomic mass is 16.5. The highest BCUT2D eigenvalue weighted by molar-refractivity contribution is 5.98. The summed E-state index contributed by atoms with van der Waals surface area (Å²) in [6.07, 6.45) is 1.91. The first-order valence-electron chi connectivity index (χ1n) is 9.36. The van der Waals surface area contributed by atoms with Crippen molar-refractivity contribution in [3.63, 3.8) is 0 Å². The number of amides is 3. The number of methoxy groups -OCH3 is 2. The average molecular weight is 399 g/mol. The van der Waals surface area contributed by atoms with Crippen molar-refractivity contribution in [2.24, 2.45) is 0 Å². The van der Waals surface area contributed by atoms with Crippen LogP contribution < -0.4 is 30.2 Å². The highest BCUT2D eigenvalue weighted by Gasteiger charge is 2.25. The summed E-state index contributed by atoms with van der Waals surface area (Å²) in [5.74, 6) is 1.96. The molecule has 0 radical (unpaired) electrons. The van der Waals surface area contributed by atoms with Crippen molar-refractivity contribution >= 4 is 17.6 Å². The quantitative estimate of drug-likeness (QED) is 0.630. The summed E-state index contributed by atoms with van der Waals surface area (Å²) in [6.45, 7) is 1.67. The molecule has 29 heavy (non-hydrogen) atoms.